The largest absolute Gasteiger partial charge is 0.484 e. The highest BCUT2D eigenvalue weighted by molar-refractivity contribution is 5.82. The Kier molecular flexibility index (Phi) is 9.55. The number of nitrogens with zero attached hydrogens (tertiary/aromatic N) is 3. The predicted molar refractivity (Wildman–Crippen MR) is 136 cm³/mol. The van der Waals surface area contributed by atoms with Crippen molar-refractivity contribution in [2.45, 2.75) is 39.5 Å². The molecule has 0 saturated carbocycles. The first-order chi connectivity index (χ1) is 16.6. The summed E-state index contributed by atoms with van der Waals surface area (Å²) in [5.41, 5.74) is 0.0136. The normalized spacial score (nSPS) is 18.0. The lowest BCUT2D eigenvalue weighted by Crippen LogP contribution is -2.49. The Morgan fingerprint density at radius 1 is 0.943 bits per heavy atom. The van der Waals surface area contributed by atoms with Crippen LogP contribution in [0.25, 0.3) is 0 Å². The van der Waals surface area contributed by atoms with E-state index in [9.17, 15) is 14.4 Å². The molecule has 8 nitrogen and oxygen atoms in total. The van der Waals surface area contributed by atoms with E-state index in [0.717, 1.165) is 6.54 Å². The third kappa shape index (κ3) is 8.23. The number of rotatable bonds is 9. The highest BCUT2D eigenvalue weighted by Gasteiger charge is 2.34. The number of ether oxygens (including phenoxy) is 1. The minimum absolute atomic E-state index is 0.0136. The third-order valence-corrected chi connectivity index (χ3v) is 6.97. The molecule has 3 rings (SSSR count). The number of carbonyl (C=O) groups excluding carboxylic acids is 3. The number of hydrogen-bond donors (Lipinski definition) is 1. The van der Waals surface area contributed by atoms with Crippen LogP contribution in [0.3, 0.4) is 0 Å². The van der Waals surface area contributed by atoms with Crippen LogP contribution >= 0.6 is 0 Å². The Balaban J connectivity index is 1.36. The molecule has 0 bridgehead atoms. The molecule has 0 spiro atoms. The average Bonchev–Trinajstić information content (AvgIpc) is 2.85. The highest BCUT2D eigenvalue weighted by Crippen LogP contribution is 2.25. The smallest absolute Gasteiger partial charge is 0.260 e. The molecule has 35 heavy (non-hydrogen) atoms. The second kappa shape index (κ2) is 12.4. The number of likely N-dealkylation sites (tertiary alicyclic amines) is 2. The molecule has 2 aliphatic rings. The van der Waals surface area contributed by atoms with Crippen molar-refractivity contribution in [2.75, 3.05) is 60.0 Å². The van der Waals surface area contributed by atoms with E-state index >= 15 is 0 Å². The molecule has 2 saturated heterocycles. The Labute approximate surface area is 210 Å². The van der Waals surface area contributed by atoms with Crippen molar-refractivity contribution in [3.8, 4) is 5.75 Å². The van der Waals surface area contributed by atoms with Crippen LogP contribution in [-0.2, 0) is 14.4 Å². The predicted octanol–water partition coefficient (Wildman–Crippen LogP) is 2.25. The SMILES string of the molecule is CN(C)CC(C)(C)CNC(=O)C1CCN(C(=O)C2CCN(C(=O)COc3ccccc3)CC2)CC1. The molecule has 0 aliphatic carbocycles. The zero-order valence-corrected chi connectivity index (χ0v) is 21.8. The standard InChI is InChI=1S/C27H42N4O4/c1-27(2,20-29(3)4)19-28-25(33)21-10-16-31(17-11-21)26(34)22-12-14-30(15-13-22)24(32)18-35-23-8-6-5-7-9-23/h5-9,21-22H,10-20H2,1-4H3,(H,28,33). The lowest BCUT2D eigenvalue weighted by atomic mass is 9.90. The van der Waals surface area contributed by atoms with Gasteiger partial charge in [-0.25, -0.2) is 0 Å². The van der Waals surface area contributed by atoms with Gasteiger partial charge in [0.2, 0.25) is 11.8 Å². The van der Waals surface area contributed by atoms with Crippen molar-refractivity contribution in [2.24, 2.45) is 17.3 Å². The van der Waals surface area contributed by atoms with Gasteiger partial charge >= 0.3 is 0 Å². The monoisotopic (exact) mass is 486 g/mol. The maximum Gasteiger partial charge on any atom is 0.260 e. The number of nitrogens with one attached hydrogen (secondary N) is 1. The Morgan fingerprint density at radius 3 is 2.11 bits per heavy atom. The summed E-state index contributed by atoms with van der Waals surface area (Å²) < 4.78 is 5.57. The molecule has 1 N–H and O–H groups in total. The van der Waals surface area contributed by atoms with Crippen molar-refractivity contribution in [1.29, 1.82) is 0 Å². The van der Waals surface area contributed by atoms with Gasteiger partial charge in [-0.3, -0.25) is 14.4 Å². The van der Waals surface area contributed by atoms with Crippen LogP contribution in [0.2, 0.25) is 0 Å². The zero-order chi connectivity index (χ0) is 25.4. The molecule has 8 heteroatoms. The fourth-order valence-electron chi connectivity index (χ4n) is 5.13. The number of piperidine rings is 2. The maximum atomic E-state index is 13.1. The van der Waals surface area contributed by atoms with Crippen molar-refractivity contribution >= 4 is 17.7 Å². The van der Waals surface area contributed by atoms with Crippen molar-refractivity contribution in [1.82, 2.24) is 20.0 Å². The second-order valence-electron chi connectivity index (χ2n) is 11.0. The van der Waals surface area contributed by atoms with E-state index in [4.69, 9.17) is 4.74 Å². The summed E-state index contributed by atoms with van der Waals surface area (Å²) in [6, 6.07) is 9.31. The van der Waals surface area contributed by atoms with E-state index in [1.54, 1.807) is 4.90 Å². The molecular weight excluding hydrogens is 444 g/mol. The number of hydrogen-bond acceptors (Lipinski definition) is 5. The van der Waals surface area contributed by atoms with Crippen LogP contribution in [0.4, 0.5) is 0 Å². The summed E-state index contributed by atoms with van der Waals surface area (Å²) in [7, 11) is 4.08. The zero-order valence-electron chi connectivity index (χ0n) is 21.8. The van der Waals surface area contributed by atoms with Gasteiger partial charge in [-0.2, -0.15) is 0 Å². The van der Waals surface area contributed by atoms with Gasteiger partial charge in [0, 0.05) is 51.1 Å². The first kappa shape index (κ1) is 27.0. The van der Waals surface area contributed by atoms with Crippen LogP contribution in [0.1, 0.15) is 39.5 Å². The van der Waals surface area contributed by atoms with Gasteiger partial charge in [0.1, 0.15) is 5.75 Å². The molecule has 0 radical (unpaired) electrons. The van der Waals surface area contributed by atoms with E-state index in [1.807, 2.05) is 49.3 Å². The molecule has 2 heterocycles. The fraction of sp³-hybridized carbons (Fsp3) is 0.667. The van der Waals surface area contributed by atoms with Gasteiger partial charge in [-0.1, -0.05) is 32.0 Å². The molecule has 0 atom stereocenters. The van der Waals surface area contributed by atoms with Crippen molar-refractivity contribution in [3.05, 3.63) is 30.3 Å². The molecule has 0 aromatic heterocycles. The summed E-state index contributed by atoms with van der Waals surface area (Å²) in [4.78, 5) is 44.1. The molecule has 1 aromatic rings. The molecule has 194 valence electrons. The van der Waals surface area contributed by atoms with E-state index in [0.29, 0.717) is 64.2 Å². The van der Waals surface area contributed by atoms with Crippen LogP contribution in [0.15, 0.2) is 30.3 Å². The molecular formula is C27H42N4O4. The van der Waals surface area contributed by atoms with Gasteiger partial charge in [0.25, 0.3) is 5.91 Å². The lowest BCUT2D eigenvalue weighted by Gasteiger charge is -2.37. The maximum absolute atomic E-state index is 13.1. The Morgan fingerprint density at radius 2 is 1.51 bits per heavy atom. The highest BCUT2D eigenvalue weighted by atomic mass is 16.5. The van der Waals surface area contributed by atoms with Crippen LogP contribution < -0.4 is 10.1 Å². The first-order valence-corrected chi connectivity index (χ1v) is 12.8. The Bertz CT molecular complexity index is 842. The number of amides is 3. The fourth-order valence-corrected chi connectivity index (χ4v) is 5.13. The molecule has 0 unspecified atom stereocenters. The lowest BCUT2D eigenvalue weighted by molar-refractivity contribution is -0.143. The number of benzene rings is 1. The minimum Gasteiger partial charge on any atom is -0.484 e. The molecule has 2 fully saturated rings. The Hall–Kier alpha value is -2.61. The van der Waals surface area contributed by atoms with Crippen LogP contribution in [0, 0.1) is 17.3 Å². The summed E-state index contributed by atoms with van der Waals surface area (Å²) in [6.07, 6.45) is 2.77. The van der Waals surface area contributed by atoms with Gasteiger partial charge in [-0.05, 0) is 57.3 Å². The third-order valence-electron chi connectivity index (χ3n) is 6.97. The molecule has 2 aliphatic heterocycles. The van der Waals surface area contributed by atoms with Gasteiger partial charge in [0.05, 0.1) is 0 Å². The van der Waals surface area contributed by atoms with E-state index in [2.05, 4.69) is 24.1 Å². The summed E-state index contributed by atoms with van der Waals surface area (Å²) >= 11 is 0. The van der Waals surface area contributed by atoms with Crippen molar-refractivity contribution in [3.63, 3.8) is 0 Å². The number of carbonyl (C=O) groups is 3. The molecule has 3 amide bonds. The second-order valence-corrected chi connectivity index (χ2v) is 11.0. The van der Waals surface area contributed by atoms with Gasteiger partial charge in [0.15, 0.2) is 6.61 Å². The van der Waals surface area contributed by atoms with Crippen LogP contribution in [-0.4, -0.2) is 92.4 Å². The number of para-hydroxylation sites is 1. The van der Waals surface area contributed by atoms with Gasteiger partial charge in [-0.15, -0.1) is 0 Å². The van der Waals surface area contributed by atoms with E-state index in [-0.39, 0.29) is 41.6 Å². The van der Waals surface area contributed by atoms with E-state index in [1.165, 1.54) is 0 Å². The first-order valence-electron chi connectivity index (χ1n) is 12.8. The van der Waals surface area contributed by atoms with E-state index < -0.39 is 0 Å². The summed E-state index contributed by atoms with van der Waals surface area (Å²) in [5, 5.41) is 3.12. The quantitative estimate of drug-likeness (QED) is 0.579. The topological polar surface area (TPSA) is 82.2 Å². The van der Waals surface area contributed by atoms with Gasteiger partial charge < -0.3 is 24.8 Å². The average molecular weight is 487 g/mol. The molecule has 1 aromatic carbocycles. The summed E-state index contributed by atoms with van der Waals surface area (Å²) in [6.45, 7) is 8.30. The van der Waals surface area contributed by atoms with Crippen LogP contribution in [0.5, 0.6) is 5.75 Å². The minimum atomic E-state index is -0.0497. The summed E-state index contributed by atoms with van der Waals surface area (Å²) in [5.74, 6) is 0.835. The van der Waals surface area contributed by atoms with Crippen molar-refractivity contribution < 1.29 is 19.1 Å².